The van der Waals surface area contributed by atoms with E-state index in [0.717, 1.165) is 5.92 Å². The number of nitrogens with one attached hydrogen (secondary N) is 1. The van der Waals surface area contributed by atoms with Crippen molar-refractivity contribution in [1.29, 1.82) is 0 Å². The summed E-state index contributed by atoms with van der Waals surface area (Å²) in [6, 6.07) is 0. The molecule has 1 nitrogen and oxygen atoms in total. The summed E-state index contributed by atoms with van der Waals surface area (Å²) in [7, 11) is 1.96. The quantitative estimate of drug-likeness (QED) is 0.527. The van der Waals surface area contributed by atoms with E-state index in [2.05, 4.69) is 4.72 Å². The van der Waals surface area contributed by atoms with Crippen LogP contribution in [-0.2, 0) is 0 Å². The van der Waals surface area contributed by atoms with Crippen molar-refractivity contribution in [2.75, 3.05) is 12.8 Å². The van der Waals surface area contributed by atoms with Crippen LogP contribution in [0.25, 0.3) is 0 Å². The normalized spacial score (nSPS) is 33.0. The summed E-state index contributed by atoms with van der Waals surface area (Å²) in [4.78, 5) is 0. The number of hydrogen-bond acceptors (Lipinski definition) is 2. The molecule has 1 fully saturated rings. The smallest absolute Gasteiger partial charge is 0.0372 e. The molecule has 0 radical (unpaired) electrons. The fraction of sp³-hybridized carbons (Fsp3) is 1.00. The van der Waals surface area contributed by atoms with Gasteiger partial charge in [0.05, 0.1) is 0 Å². The van der Waals surface area contributed by atoms with E-state index in [-0.39, 0.29) is 0 Å². The van der Waals surface area contributed by atoms with Crippen molar-refractivity contribution in [3.05, 3.63) is 0 Å². The van der Waals surface area contributed by atoms with E-state index in [0.29, 0.717) is 5.38 Å². The van der Waals surface area contributed by atoms with Crippen LogP contribution in [0.4, 0.5) is 0 Å². The van der Waals surface area contributed by atoms with Crippen LogP contribution in [0, 0.1) is 5.92 Å². The molecule has 0 saturated heterocycles. The first kappa shape index (κ1) is 8.69. The molecule has 2 atom stereocenters. The van der Waals surface area contributed by atoms with Gasteiger partial charge in [0.2, 0.25) is 0 Å². The van der Waals surface area contributed by atoms with E-state index in [1.54, 1.807) is 11.9 Å². The van der Waals surface area contributed by atoms with Gasteiger partial charge in [-0.15, -0.1) is 11.6 Å². The Morgan fingerprint density at radius 1 is 1.60 bits per heavy atom. The van der Waals surface area contributed by atoms with Crippen molar-refractivity contribution < 1.29 is 0 Å². The van der Waals surface area contributed by atoms with Gasteiger partial charge in [-0.05, 0) is 25.8 Å². The highest BCUT2D eigenvalue weighted by atomic mass is 35.5. The second-order valence-corrected chi connectivity index (χ2v) is 4.31. The van der Waals surface area contributed by atoms with Gasteiger partial charge in [-0.1, -0.05) is 18.4 Å². The fourth-order valence-corrected chi connectivity index (χ4v) is 2.62. The SMILES string of the molecule is CNSCC1CCCC1Cl. The molecule has 1 aliphatic carbocycles. The molecule has 3 heteroatoms. The molecule has 1 rings (SSSR count). The molecular weight excluding hydrogens is 166 g/mol. The zero-order chi connectivity index (χ0) is 7.40. The van der Waals surface area contributed by atoms with Crippen LogP contribution >= 0.6 is 23.5 Å². The third kappa shape index (κ3) is 2.33. The second kappa shape index (κ2) is 4.47. The number of hydrogen-bond donors (Lipinski definition) is 1. The minimum Gasteiger partial charge on any atom is -0.267 e. The molecule has 0 heterocycles. The molecule has 1 saturated carbocycles. The number of alkyl halides is 1. The minimum atomic E-state index is 0.445. The largest absolute Gasteiger partial charge is 0.267 e. The van der Waals surface area contributed by atoms with Crippen LogP contribution < -0.4 is 4.72 Å². The third-order valence-corrected chi connectivity index (χ3v) is 3.47. The predicted molar refractivity (Wildman–Crippen MR) is 48.5 cm³/mol. The van der Waals surface area contributed by atoms with E-state index >= 15 is 0 Å². The number of halogens is 1. The molecule has 0 aliphatic heterocycles. The van der Waals surface area contributed by atoms with Crippen molar-refractivity contribution in [3.63, 3.8) is 0 Å². The Bertz CT molecular complexity index is 99.6. The van der Waals surface area contributed by atoms with Crippen molar-refractivity contribution in [2.24, 2.45) is 5.92 Å². The monoisotopic (exact) mass is 179 g/mol. The fourth-order valence-electron chi connectivity index (χ4n) is 1.37. The van der Waals surface area contributed by atoms with Crippen molar-refractivity contribution in [2.45, 2.75) is 24.6 Å². The van der Waals surface area contributed by atoms with Crippen LogP contribution in [0.2, 0.25) is 0 Å². The highest BCUT2D eigenvalue weighted by Crippen LogP contribution is 2.31. The molecule has 0 aromatic carbocycles. The summed E-state index contributed by atoms with van der Waals surface area (Å²) in [6.07, 6.45) is 3.86. The van der Waals surface area contributed by atoms with E-state index in [4.69, 9.17) is 11.6 Å². The maximum absolute atomic E-state index is 6.07. The number of rotatable bonds is 3. The summed E-state index contributed by atoms with van der Waals surface area (Å²) in [5, 5.41) is 0.445. The maximum Gasteiger partial charge on any atom is 0.0372 e. The van der Waals surface area contributed by atoms with E-state index in [1.807, 2.05) is 7.05 Å². The molecule has 1 N–H and O–H groups in total. The van der Waals surface area contributed by atoms with Gasteiger partial charge >= 0.3 is 0 Å². The Morgan fingerprint density at radius 2 is 2.40 bits per heavy atom. The van der Waals surface area contributed by atoms with Gasteiger partial charge in [-0.3, -0.25) is 4.72 Å². The van der Waals surface area contributed by atoms with Crippen molar-refractivity contribution in [1.82, 2.24) is 4.72 Å². The molecule has 0 spiro atoms. The zero-order valence-corrected chi connectivity index (χ0v) is 7.84. The molecule has 0 bridgehead atoms. The lowest BCUT2D eigenvalue weighted by atomic mass is 10.1. The Morgan fingerprint density at radius 3 is 2.90 bits per heavy atom. The van der Waals surface area contributed by atoms with Gasteiger partial charge in [-0.25, -0.2) is 0 Å². The standard InChI is InChI=1S/C7H14ClNS/c1-9-10-5-6-3-2-4-7(6)8/h6-7,9H,2-5H2,1H3. The molecule has 1 aliphatic rings. The first-order valence-corrected chi connectivity index (χ1v) is 5.19. The Balaban J connectivity index is 2.14. The lowest BCUT2D eigenvalue weighted by Crippen LogP contribution is -2.11. The Labute approximate surface area is 72.0 Å². The van der Waals surface area contributed by atoms with Gasteiger partial charge in [0.15, 0.2) is 0 Å². The maximum atomic E-state index is 6.07. The summed E-state index contributed by atoms with van der Waals surface area (Å²) in [6.45, 7) is 0. The summed E-state index contributed by atoms with van der Waals surface area (Å²) in [5.74, 6) is 1.92. The Hall–Kier alpha value is 0.600. The third-order valence-electron chi connectivity index (χ3n) is 2.01. The van der Waals surface area contributed by atoms with Crippen LogP contribution in [0.1, 0.15) is 19.3 Å². The molecule has 0 amide bonds. The van der Waals surface area contributed by atoms with E-state index < -0.39 is 0 Å². The molecule has 0 aromatic heterocycles. The van der Waals surface area contributed by atoms with Gasteiger partial charge in [0.25, 0.3) is 0 Å². The van der Waals surface area contributed by atoms with Gasteiger partial charge in [0.1, 0.15) is 0 Å². The van der Waals surface area contributed by atoms with Crippen LogP contribution in [-0.4, -0.2) is 18.2 Å². The highest BCUT2D eigenvalue weighted by Gasteiger charge is 2.24. The molecular formula is C7H14ClNS. The lowest BCUT2D eigenvalue weighted by molar-refractivity contribution is 0.629. The predicted octanol–water partition coefficient (Wildman–Crippen LogP) is 2.26. The molecule has 0 aromatic rings. The van der Waals surface area contributed by atoms with E-state index in [9.17, 15) is 0 Å². The van der Waals surface area contributed by atoms with Crippen LogP contribution in [0.15, 0.2) is 0 Å². The van der Waals surface area contributed by atoms with Crippen molar-refractivity contribution >= 4 is 23.5 Å². The average molecular weight is 180 g/mol. The van der Waals surface area contributed by atoms with Crippen LogP contribution in [0.5, 0.6) is 0 Å². The van der Waals surface area contributed by atoms with Crippen molar-refractivity contribution in [3.8, 4) is 0 Å². The molecule has 2 unspecified atom stereocenters. The van der Waals surface area contributed by atoms with Crippen LogP contribution in [0.3, 0.4) is 0 Å². The minimum absolute atomic E-state index is 0.445. The highest BCUT2D eigenvalue weighted by molar-refractivity contribution is 7.97. The summed E-state index contributed by atoms with van der Waals surface area (Å²) >= 11 is 7.85. The van der Waals surface area contributed by atoms with E-state index in [1.165, 1.54) is 25.0 Å². The first-order chi connectivity index (χ1) is 4.84. The summed E-state index contributed by atoms with van der Waals surface area (Å²) in [5.41, 5.74) is 0. The average Bonchev–Trinajstić information content (AvgIpc) is 2.31. The van der Waals surface area contributed by atoms with Gasteiger partial charge < -0.3 is 0 Å². The molecule has 60 valence electrons. The second-order valence-electron chi connectivity index (χ2n) is 2.72. The van der Waals surface area contributed by atoms with Gasteiger partial charge in [0, 0.05) is 11.1 Å². The topological polar surface area (TPSA) is 12.0 Å². The zero-order valence-electron chi connectivity index (χ0n) is 6.27. The summed E-state index contributed by atoms with van der Waals surface area (Å²) < 4.78 is 3.07. The first-order valence-electron chi connectivity index (χ1n) is 3.77. The molecule has 10 heavy (non-hydrogen) atoms. The van der Waals surface area contributed by atoms with Gasteiger partial charge in [-0.2, -0.15) is 0 Å². The Kier molecular flexibility index (Phi) is 3.89. The lowest BCUT2D eigenvalue weighted by Gasteiger charge is -2.11.